The molecule has 0 spiro atoms. The van der Waals surface area contributed by atoms with Crippen molar-refractivity contribution < 1.29 is 14.7 Å². The zero-order chi connectivity index (χ0) is 8.85. The first-order valence-corrected chi connectivity index (χ1v) is 3.23. The topological polar surface area (TPSA) is 92.4 Å². The number of aliphatic hydroxyl groups excluding tert-OH is 1. The Morgan fingerprint density at radius 1 is 1.64 bits per heavy atom. The fraction of sp³-hybridized carbons (Fsp3) is 0.667. The van der Waals surface area contributed by atoms with Gasteiger partial charge in [-0.05, 0) is 0 Å². The highest BCUT2D eigenvalue weighted by Gasteiger charge is 2.07. The molecule has 0 heterocycles. The number of primary amides is 1. The molecule has 0 rings (SSSR count). The molecule has 1 atom stereocenters. The monoisotopic (exact) mass is 160 g/mol. The Hall–Kier alpha value is -1.10. The Morgan fingerprint density at radius 2 is 2.18 bits per heavy atom. The molecule has 0 saturated carbocycles. The van der Waals surface area contributed by atoms with Gasteiger partial charge in [-0.3, -0.25) is 9.59 Å². The maximum absolute atomic E-state index is 10.3. The summed E-state index contributed by atoms with van der Waals surface area (Å²) in [6.45, 7) is 1.40. The zero-order valence-corrected chi connectivity index (χ0v) is 6.33. The van der Waals surface area contributed by atoms with Crippen LogP contribution in [-0.2, 0) is 9.59 Å². The normalized spacial score (nSPS) is 12.2. The van der Waals surface area contributed by atoms with Crippen molar-refractivity contribution in [2.75, 3.05) is 6.54 Å². The Bertz CT molecular complexity index is 158. The second-order valence-corrected chi connectivity index (χ2v) is 2.26. The van der Waals surface area contributed by atoms with Crippen LogP contribution in [0.15, 0.2) is 0 Å². The van der Waals surface area contributed by atoms with Crippen molar-refractivity contribution in [3.63, 3.8) is 0 Å². The quantitative estimate of drug-likeness (QED) is 0.460. The van der Waals surface area contributed by atoms with Gasteiger partial charge in [-0.1, -0.05) is 0 Å². The van der Waals surface area contributed by atoms with E-state index in [0.717, 1.165) is 0 Å². The molecule has 1 unspecified atom stereocenters. The van der Waals surface area contributed by atoms with Gasteiger partial charge in [0.2, 0.25) is 11.8 Å². The second-order valence-electron chi connectivity index (χ2n) is 2.26. The number of carbonyl (C=O) groups excluding carboxylic acids is 2. The van der Waals surface area contributed by atoms with Crippen LogP contribution in [0.25, 0.3) is 0 Å². The van der Waals surface area contributed by atoms with E-state index >= 15 is 0 Å². The van der Waals surface area contributed by atoms with E-state index in [4.69, 9.17) is 10.8 Å². The predicted octanol–water partition coefficient (Wildman–Crippen LogP) is -1.64. The molecule has 0 aliphatic carbocycles. The summed E-state index contributed by atoms with van der Waals surface area (Å²) >= 11 is 0. The third-order valence-electron chi connectivity index (χ3n) is 1.02. The molecule has 0 radical (unpaired) electrons. The number of rotatable bonds is 4. The minimum absolute atomic E-state index is 0.0677. The molecular formula is C6H12N2O3. The highest BCUT2D eigenvalue weighted by molar-refractivity contribution is 5.75. The summed E-state index contributed by atoms with van der Waals surface area (Å²) < 4.78 is 0. The first-order chi connectivity index (χ1) is 5.02. The average molecular weight is 160 g/mol. The van der Waals surface area contributed by atoms with E-state index in [0.29, 0.717) is 0 Å². The van der Waals surface area contributed by atoms with Crippen LogP contribution in [0.5, 0.6) is 0 Å². The molecule has 0 aliphatic heterocycles. The molecule has 4 N–H and O–H groups in total. The van der Waals surface area contributed by atoms with E-state index < -0.39 is 12.0 Å². The zero-order valence-electron chi connectivity index (χ0n) is 6.33. The van der Waals surface area contributed by atoms with E-state index in [9.17, 15) is 9.59 Å². The second kappa shape index (κ2) is 4.68. The molecule has 0 bridgehead atoms. The van der Waals surface area contributed by atoms with Crippen LogP contribution in [0.2, 0.25) is 0 Å². The van der Waals surface area contributed by atoms with Crippen molar-refractivity contribution >= 4 is 11.8 Å². The summed E-state index contributed by atoms with van der Waals surface area (Å²) in [5.41, 5.74) is 4.79. The maximum Gasteiger partial charge on any atom is 0.220 e. The van der Waals surface area contributed by atoms with E-state index in [1.807, 2.05) is 0 Å². The highest BCUT2D eigenvalue weighted by atomic mass is 16.3. The molecule has 0 aromatic rings. The Labute approximate surface area is 64.6 Å². The standard InChI is InChI=1S/C6H12N2O3/c1-4(9)8-3-5(10)2-6(7)11/h5,10H,2-3H2,1H3,(H2,7,11)(H,8,9). The fourth-order valence-electron chi connectivity index (χ4n) is 0.566. The van der Waals surface area contributed by atoms with Gasteiger partial charge in [-0.15, -0.1) is 0 Å². The third-order valence-corrected chi connectivity index (χ3v) is 1.02. The molecule has 0 aromatic heterocycles. The molecule has 11 heavy (non-hydrogen) atoms. The lowest BCUT2D eigenvalue weighted by atomic mass is 10.2. The Kier molecular flexibility index (Phi) is 4.21. The van der Waals surface area contributed by atoms with Gasteiger partial charge in [0, 0.05) is 13.5 Å². The van der Waals surface area contributed by atoms with Crippen LogP contribution in [0.4, 0.5) is 0 Å². The van der Waals surface area contributed by atoms with Crippen molar-refractivity contribution in [3.8, 4) is 0 Å². The lowest BCUT2D eigenvalue weighted by Gasteiger charge is -2.07. The van der Waals surface area contributed by atoms with Gasteiger partial charge in [0.05, 0.1) is 12.5 Å². The van der Waals surface area contributed by atoms with Gasteiger partial charge in [0.25, 0.3) is 0 Å². The van der Waals surface area contributed by atoms with Gasteiger partial charge in [-0.25, -0.2) is 0 Å². The summed E-state index contributed by atoms with van der Waals surface area (Å²) in [5.74, 6) is -0.823. The van der Waals surface area contributed by atoms with E-state index in [2.05, 4.69) is 5.32 Å². The predicted molar refractivity (Wildman–Crippen MR) is 38.5 cm³/mol. The smallest absolute Gasteiger partial charge is 0.220 e. The van der Waals surface area contributed by atoms with Gasteiger partial charge in [0.15, 0.2) is 0 Å². The molecule has 0 saturated heterocycles. The average Bonchev–Trinajstić information content (AvgIpc) is 1.82. The summed E-state index contributed by atoms with van der Waals surface area (Å²) in [4.78, 5) is 20.5. The molecule has 0 aromatic carbocycles. The SMILES string of the molecule is CC(=O)NCC(O)CC(N)=O. The number of nitrogens with two attached hydrogens (primary N) is 1. The molecule has 64 valence electrons. The first kappa shape index (κ1) is 9.90. The molecule has 2 amide bonds. The first-order valence-electron chi connectivity index (χ1n) is 3.23. The number of aliphatic hydroxyl groups is 1. The molecule has 5 nitrogen and oxygen atoms in total. The van der Waals surface area contributed by atoms with E-state index in [1.165, 1.54) is 6.92 Å². The lowest BCUT2D eigenvalue weighted by Crippen LogP contribution is -2.33. The van der Waals surface area contributed by atoms with Crippen LogP contribution in [0, 0.1) is 0 Å². The largest absolute Gasteiger partial charge is 0.391 e. The van der Waals surface area contributed by atoms with Crippen molar-refractivity contribution in [2.45, 2.75) is 19.4 Å². The molecule has 5 heteroatoms. The number of carbonyl (C=O) groups is 2. The van der Waals surface area contributed by atoms with E-state index in [1.54, 1.807) is 0 Å². The van der Waals surface area contributed by atoms with Gasteiger partial charge >= 0.3 is 0 Å². The number of amides is 2. The number of hydrogen-bond acceptors (Lipinski definition) is 3. The summed E-state index contributed by atoms with van der Waals surface area (Å²) in [6.07, 6.45) is -1.00. The van der Waals surface area contributed by atoms with Crippen molar-refractivity contribution in [1.29, 1.82) is 0 Å². The van der Waals surface area contributed by atoms with Crippen LogP contribution in [0.1, 0.15) is 13.3 Å². The van der Waals surface area contributed by atoms with Gasteiger partial charge < -0.3 is 16.2 Å². The third kappa shape index (κ3) is 6.79. The van der Waals surface area contributed by atoms with Crippen LogP contribution < -0.4 is 11.1 Å². The van der Waals surface area contributed by atoms with Crippen LogP contribution in [0.3, 0.4) is 0 Å². The minimum atomic E-state index is -0.878. The van der Waals surface area contributed by atoms with Crippen LogP contribution in [-0.4, -0.2) is 29.6 Å². The summed E-state index contributed by atoms with van der Waals surface area (Å²) in [5, 5.41) is 11.3. The molecule has 0 aliphatic rings. The minimum Gasteiger partial charge on any atom is -0.391 e. The number of nitrogens with one attached hydrogen (secondary N) is 1. The number of hydrogen-bond donors (Lipinski definition) is 3. The van der Waals surface area contributed by atoms with Gasteiger partial charge in [-0.2, -0.15) is 0 Å². The highest BCUT2D eigenvalue weighted by Crippen LogP contribution is 1.86. The van der Waals surface area contributed by atoms with Crippen molar-refractivity contribution in [2.24, 2.45) is 5.73 Å². The van der Waals surface area contributed by atoms with Crippen molar-refractivity contribution in [1.82, 2.24) is 5.32 Å². The molecular weight excluding hydrogens is 148 g/mol. The van der Waals surface area contributed by atoms with Crippen molar-refractivity contribution in [3.05, 3.63) is 0 Å². The maximum atomic E-state index is 10.3. The molecule has 0 fully saturated rings. The summed E-state index contributed by atoms with van der Waals surface area (Å²) in [7, 11) is 0. The Morgan fingerprint density at radius 3 is 2.55 bits per heavy atom. The van der Waals surface area contributed by atoms with E-state index in [-0.39, 0.29) is 18.9 Å². The fourth-order valence-corrected chi connectivity index (χ4v) is 0.566. The Balaban J connectivity index is 3.44. The van der Waals surface area contributed by atoms with Crippen LogP contribution >= 0.6 is 0 Å². The van der Waals surface area contributed by atoms with Gasteiger partial charge in [0.1, 0.15) is 0 Å². The lowest BCUT2D eigenvalue weighted by molar-refractivity contribution is -0.122. The summed E-state index contributed by atoms with van der Waals surface area (Å²) in [6, 6.07) is 0.